The molecule has 0 fully saturated rings. The van der Waals surface area contributed by atoms with Crippen molar-refractivity contribution >= 4 is 27.3 Å². The Morgan fingerprint density at radius 1 is 1.12 bits per heavy atom. The van der Waals surface area contributed by atoms with Gasteiger partial charge in [0.15, 0.2) is 0 Å². The second-order valence-corrected chi connectivity index (χ2v) is 6.53. The molecule has 90 valence electrons. The maximum Gasteiger partial charge on any atom is 0.0701 e. The third kappa shape index (κ3) is 3.37. The van der Waals surface area contributed by atoms with Crippen LogP contribution in [-0.2, 0) is 0 Å². The van der Waals surface area contributed by atoms with E-state index in [0.29, 0.717) is 12.1 Å². The van der Waals surface area contributed by atoms with Crippen LogP contribution in [0.15, 0.2) is 40.4 Å². The van der Waals surface area contributed by atoms with Gasteiger partial charge in [0.05, 0.1) is 3.79 Å². The van der Waals surface area contributed by atoms with Crippen LogP contribution in [-0.4, -0.2) is 4.98 Å². The third-order valence-corrected chi connectivity index (χ3v) is 4.53. The highest BCUT2D eigenvalue weighted by molar-refractivity contribution is 9.11. The SMILES string of the molecule is CC(NC(C)c1ccc(Br)s1)c1ccncc1. The molecule has 2 rings (SSSR count). The molecule has 0 aliphatic rings. The Morgan fingerprint density at radius 3 is 2.41 bits per heavy atom. The molecule has 2 aromatic heterocycles. The number of pyridine rings is 1. The highest BCUT2D eigenvalue weighted by Gasteiger charge is 2.12. The second-order valence-electron chi connectivity index (χ2n) is 4.03. The number of hydrogen-bond donors (Lipinski definition) is 1. The van der Waals surface area contributed by atoms with Crippen LogP contribution in [0.3, 0.4) is 0 Å². The zero-order chi connectivity index (χ0) is 12.3. The van der Waals surface area contributed by atoms with E-state index in [1.54, 1.807) is 11.3 Å². The Morgan fingerprint density at radius 2 is 1.82 bits per heavy atom. The first-order valence-electron chi connectivity index (χ1n) is 5.58. The predicted molar refractivity (Wildman–Crippen MR) is 76.2 cm³/mol. The van der Waals surface area contributed by atoms with Gasteiger partial charge in [-0.05, 0) is 59.6 Å². The maximum atomic E-state index is 4.04. The molecule has 0 amide bonds. The van der Waals surface area contributed by atoms with E-state index in [-0.39, 0.29) is 0 Å². The highest BCUT2D eigenvalue weighted by Crippen LogP contribution is 2.28. The van der Waals surface area contributed by atoms with Crippen molar-refractivity contribution in [3.8, 4) is 0 Å². The summed E-state index contributed by atoms with van der Waals surface area (Å²) in [6.07, 6.45) is 3.67. The monoisotopic (exact) mass is 310 g/mol. The molecular weight excluding hydrogens is 296 g/mol. The van der Waals surface area contributed by atoms with Gasteiger partial charge in [-0.3, -0.25) is 4.98 Å². The summed E-state index contributed by atoms with van der Waals surface area (Å²) in [6.45, 7) is 4.37. The van der Waals surface area contributed by atoms with E-state index in [4.69, 9.17) is 0 Å². The number of thiophene rings is 1. The van der Waals surface area contributed by atoms with Gasteiger partial charge in [-0.2, -0.15) is 0 Å². The molecule has 1 N–H and O–H groups in total. The van der Waals surface area contributed by atoms with Crippen LogP contribution in [0.2, 0.25) is 0 Å². The van der Waals surface area contributed by atoms with Crippen molar-refractivity contribution in [2.45, 2.75) is 25.9 Å². The molecule has 17 heavy (non-hydrogen) atoms. The van der Waals surface area contributed by atoms with Gasteiger partial charge in [-0.15, -0.1) is 11.3 Å². The summed E-state index contributed by atoms with van der Waals surface area (Å²) in [5, 5.41) is 3.59. The summed E-state index contributed by atoms with van der Waals surface area (Å²) in [4.78, 5) is 5.38. The first-order valence-corrected chi connectivity index (χ1v) is 7.19. The molecule has 0 saturated heterocycles. The van der Waals surface area contributed by atoms with E-state index in [9.17, 15) is 0 Å². The number of nitrogens with zero attached hydrogens (tertiary/aromatic N) is 1. The Balaban J connectivity index is 2.02. The molecule has 0 saturated carbocycles. The molecule has 0 bridgehead atoms. The van der Waals surface area contributed by atoms with Crippen molar-refractivity contribution in [3.05, 3.63) is 50.9 Å². The zero-order valence-electron chi connectivity index (χ0n) is 9.85. The van der Waals surface area contributed by atoms with Gasteiger partial charge in [-0.25, -0.2) is 0 Å². The van der Waals surface area contributed by atoms with E-state index in [1.807, 2.05) is 12.4 Å². The molecule has 0 spiro atoms. The van der Waals surface area contributed by atoms with Crippen molar-refractivity contribution in [3.63, 3.8) is 0 Å². The Labute approximate surface area is 114 Å². The zero-order valence-corrected chi connectivity index (χ0v) is 12.3. The lowest BCUT2D eigenvalue weighted by Crippen LogP contribution is -2.21. The second kappa shape index (κ2) is 5.76. The molecule has 0 radical (unpaired) electrons. The molecule has 0 aromatic carbocycles. The summed E-state index contributed by atoms with van der Waals surface area (Å²) < 4.78 is 1.18. The van der Waals surface area contributed by atoms with Gasteiger partial charge in [0.1, 0.15) is 0 Å². The summed E-state index contributed by atoms with van der Waals surface area (Å²) in [7, 11) is 0. The maximum absolute atomic E-state index is 4.04. The van der Waals surface area contributed by atoms with Gasteiger partial charge in [0.2, 0.25) is 0 Å². The van der Waals surface area contributed by atoms with Gasteiger partial charge in [0, 0.05) is 29.4 Å². The molecule has 2 unspecified atom stereocenters. The summed E-state index contributed by atoms with van der Waals surface area (Å²) >= 11 is 5.27. The van der Waals surface area contributed by atoms with Crippen molar-refractivity contribution in [2.75, 3.05) is 0 Å². The summed E-state index contributed by atoms with van der Waals surface area (Å²) in [5.74, 6) is 0. The van der Waals surface area contributed by atoms with Crippen LogP contribution in [0.5, 0.6) is 0 Å². The van der Waals surface area contributed by atoms with E-state index >= 15 is 0 Å². The van der Waals surface area contributed by atoms with Crippen LogP contribution >= 0.6 is 27.3 Å². The van der Waals surface area contributed by atoms with Gasteiger partial charge >= 0.3 is 0 Å². The Hall–Kier alpha value is -0.710. The number of hydrogen-bond acceptors (Lipinski definition) is 3. The minimum absolute atomic E-state index is 0.328. The topological polar surface area (TPSA) is 24.9 Å². The average molecular weight is 311 g/mol. The lowest BCUT2D eigenvalue weighted by Gasteiger charge is -2.19. The van der Waals surface area contributed by atoms with E-state index in [1.165, 1.54) is 14.2 Å². The Bertz CT molecular complexity index is 469. The van der Waals surface area contributed by atoms with Crippen LogP contribution in [0.25, 0.3) is 0 Å². The lowest BCUT2D eigenvalue weighted by molar-refractivity contribution is 0.500. The highest BCUT2D eigenvalue weighted by atomic mass is 79.9. The lowest BCUT2D eigenvalue weighted by atomic mass is 10.1. The normalized spacial score (nSPS) is 14.5. The molecule has 2 atom stereocenters. The predicted octanol–water partition coefficient (Wildman–Crippen LogP) is 4.32. The van der Waals surface area contributed by atoms with Crippen molar-refractivity contribution in [2.24, 2.45) is 0 Å². The molecule has 2 aromatic rings. The fraction of sp³-hybridized carbons (Fsp3) is 0.308. The van der Waals surface area contributed by atoms with E-state index in [0.717, 1.165) is 0 Å². The fourth-order valence-corrected chi connectivity index (χ4v) is 3.20. The third-order valence-electron chi connectivity index (χ3n) is 2.73. The molecule has 4 heteroatoms. The average Bonchev–Trinajstić information content (AvgIpc) is 2.77. The van der Waals surface area contributed by atoms with Crippen molar-refractivity contribution in [1.82, 2.24) is 10.3 Å². The summed E-state index contributed by atoms with van der Waals surface area (Å²) in [6, 6.07) is 9.04. The molecule has 2 heterocycles. The smallest absolute Gasteiger partial charge is 0.0701 e. The van der Waals surface area contributed by atoms with Crippen LogP contribution < -0.4 is 5.32 Å². The minimum atomic E-state index is 0.328. The van der Waals surface area contributed by atoms with Gasteiger partial charge < -0.3 is 5.32 Å². The molecular formula is C13H15BrN2S. The van der Waals surface area contributed by atoms with Gasteiger partial charge in [0.25, 0.3) is 0 Å². The number of nitrogens with one attached hydrogen (secondary N) is 1. The minimum Gasteiger partial charge on any atom is -0.303 e. The van der Waals surface area contributed by atoms with Crippen LogP contribution in [0.4, 0.5) is 0 Å². The van der Waals surface area contributed by atoms with Crippen LogP contribution in [0.1, 0.15) is 36.4 Å². The molecule has 0 aliphatic heterocycles. The van der Waals surface area contributed by atoms with E-state index in [2.05, 4.69) is 64.3 Å². The Kier molecular flexibility index (Phi) is 4.31. The van der Waals surface area contributed by atoms with Crippen molar-refractivity contribution < 1.29 is 0 Å². The van der Waals surface area contributed by atoms with Crippen LogP contribution in [0, 0.1) is 0 Å². The first kappa shape index (κ1) is 12.7. The molecule has 2 nitrogen and oxygen atoms in total. The number of rotatable bonds is 4. The summed E-state index contributed by atoms with van der Waals surface area (Å²) in [5.41, 5.74) is 1.27. The molecule has 0 aliphatic carbocycles. The van der Waals surface area contributed by atoms with E-state index < -0.39 is 0 Å². The fourth-order valence-electron chi connectivity index (χ4n) is 1.77. The standard InChI is InChI=1S/C13H15BrN2S/c1-9(11-5-7-15-8-6-11)16-10(2)12-3-4-13(14)17-12/h3-10,16H,1-2H3. The van der Waals surface area contributed by atoms with Crippen molar-refractivity contribution in [1.29, 1.82) is 0 Å². The largest absolute Gasteiger partial charge is 0.303 e. The number of aromatic nitrogens is 1. The quantitative estimate of drug-likeness (QED) is 0.909. The number of halogens is 1. The first-order chi connectivity index (χ1) is 8.16. The van der Waals surface area contributed by atoms with Gasteiger partial charge in [-0.1, -0.05) is 0 Å².